The Hall–Kier alpha value is -2.50. The van der Waals surface area contributed by atoms with Crippen LogP contribution in [-0.4, -0.2) is 21.7 Å². The Morgan fingerprint density at radius 1 is 1.16 bits per heavy atom. The average Bonchev–Trinajstić information content (AvgIpc) is 3.16. The van der Waals surface area contributed by atoms with Crippen LogP contribution < -0.4 is 5.56 Å². The zero-order chi connectivity index (χ0) is 23.6. The molecule has 32 heavy (non-hydrogen) atoms. The summed E-state index contributed by atoms with van der Waals surface area (Å²) in [6, 6.07) is 9.43. The maximum atomic E-state index is 12.9. The zero-order valence-electron chi connectivity index (χ0n) is 19.0. The first kappa shape index (κ1) is 24.1. The van der Waals surface area contributed by atoms with Crippen molar-refractivity contribution in [3.8, 4) is 0 Å². The number of nitrogens with zero attached hydrogens (tertiary/aromatic N) is 2. The second-order valence-electron chi connectivity index (χ2n) is 8.21. The van der Waals surface area contributed by atoms with Gasteiger partial charge in [0, 0.05) is 42.1 Å². The van der Waals surface area contributed by atoms with Crippen LogP contribution in [0.4, 0.5) is 0 Å². The molecule has 0 saturated heterocycles. The predicted octanol–water partition coefficient (Wildman–Crippen LogP) is 5.93. The minimum absolute atomic E-state index is 0.131. The number of ether oxygens (including phenoxy) is 1. The van der Waals surface area contributed by atoms with Gasteiger partial charge in [-0.2, -0.15) is 0 Å². The van der Waals surface area contributed by atoms with Gasteiger partial charge < -0.3 is 13.9 Å². The van der Waals surface area contributed by atoms with Gasteiger partial charge in [0.1, 0.15) is 5.02 Å². The van der Waals surface area contributed by atoms with Gasteiger partial charge in [0.05, 0.1) is 12.2 Å². The summed E-state index contributed by atoms with van der Waals surface area (Å²) >= 11 is 12.4. The number of hydrogen-bond donors (Lipinski definition) is 0. The van der Waals surface area contributed by atoms with Crippen molar-refractivity contribution in [2.75, 3.05) is 6.61 Å². The van der Waals surface area contributed by atoms with Crippen LogP contribution in [0.3, 0.4) is 0 Å². The molecular formula is C25H28Cl2N2O3. The van der Waals surface area contributed by atoms with E-state index < -0.39 is 0 Å². The smallest absolute Gasteiger partial charge is 0.339 e. The number of rotatable bonds is 7. The third-order valence-corrected chi connectivity index (χ3v) is 6.09. The molecule has 5 nitrogen and oxygen atoms in total. The van der Waals surface area contributed by atoms with Gasteiger partial charge >= 0.3 is 5.97 Å². The maximum Gasteiger partial charge on any atom is 0.339 e. The molecule has 1 atom stereocenters. The minimum atomic E-state index is -0.350. The largest absolute Gasteiger partial charge is 0.462 e. The molecule has 0 spiro atoms. The number of esters is 1. The topological polar surface area (TPSA) is 53.2 Å². The third kappa shape index (κ3) is 4.94. The van der Waals surface area contributed by atoms with Crippen LogP contribution in [0.2, 0.25) is 10.0 Å². The number of benzene rings is 1. The summed E-state index contributed by atoms with van der Waals surface area (Å²) in [4.78, 5) is 25.0. The fraction of sp³-hybridized carbons (Fsp3) is 0.360. The van der Waals surface area contributed by atoms with E-state index in [2.05, 4.69) is 18.4 Å². The number of carbonyl (C=O) groups excluding carboxylic acids is 1. The molecule has 0 N–H and O–H groups in total. The lowest BCUT2D eigenvalue weighted by atomic mass is 9.85. The van der Waals surface area contributed by atoms with E-state index in [0.29, 0.717) is 23.6 Å². The maximum absolute atomic E-state index is 12.9. The fourth-order valence-corrected chi connectivity index (χ4v) is 4.63. The molecule has 2 heterocycles. The summed E-state index contributed by atoms with van der Waals surface area (Å²) in [6.07, 6.45) is 4.26. The molecule has 0 amide bonds. The van der Waals surface area contributed by atoms with E-state index >= 15 is 0 Å². The van der Waals surface area contributed by atoms with Gasteiger partial charge in [-0.3, -0.25) is 4.79 Å². The van der Waals surface area contributed by atoms with Crippen molar-refractivity contribution >= 4 is 29.2 Å². The Bertz CT molecular complexity index is 1170. The summed E-state index contributed by atoms with van der Waals surface area (Å²) in [5.74, 6) is -0.533. The van der Waals surface area contributed by atoms with Crippen LogP contribution in [0.25, 0.3) is 0 Å². The number of hydrogen-bond acceptors (Lipinski definition) is 3. The van der Waals surface area contributed by atoms with Gasteiger partial charge in [0.15, 0.2) is 0 Å². The van der Waals surface area contributed by atoms with Crippen molar-refractivity contribution in [3.05, 3.63) is 91.1 Å². The molecule has 0 bridgehead atoms. The van der Waals surface area contributed by atoms with E-state index in [1.807, 2.05) is 37.4 Å². The Labute approximate surface area is 198 Å². The molecule has 3 rings (SSSR count). The fourth-order valence-electron chi connectivity index (χ4n) is 4.13. The Morgan fingerprint density at radius 2 is 1.88 bits per heavy atom. The lowest BCUT2D eigenvalue weighted by Crippen LogP contribution is -2.20. The predicted molar refractivity (Wildman–Crippen MR) is 129 cm³/mol. The molecule has 3 aromatic rings. The number of aryl methyl sites for hydroxylation is 2. The Balaban J connectivity index is 2.25. The highest BCUT2D eigenvalue weighted by Gasteiger charge is 2.28. The molecule has 1 unspecified atom stereocenters. The Kier molecular flexibility index (Phi) is 7.52. The molecule has 170 valence electrons. The van der Waals surface area contributed by atoms with E-state index in [1.54, 1.807) is 26.2 Å². The highest BCUT2D eigenvalue weighted by atomic mass is 35.5. The first-order chi connectivity index (χ1) is 15.1. The van der Waals surface area contributed by atoms with Crippen molar-refractivity contribution in [1.82, 2.24) is 9.13 Å². The van der Waals surface area contributed by atoms with Crippen LogP contribution in [0.1, 0.15) is 65.5 Å². The van der Waals surface area contributed by atoms with Crippen LogP contribution >= 0.6 is 23.2 Å². The van der Waals surface area contributed by atoms with Gasteiger partial charge in [-0.25, -0.2) is 4.79 Å². The second kappa shape index (κ2) is 9.97. The van der Waals surface area contributed by atoms with E-state index in [-0.39, 0.29) is 28.5 Å². The highest BCUT2D eigenvalue weighted by molar-refractivity contribution is 6.30. The number of aromatic nitrogens is 2. The van der Waals surface area contributed by atoms with Gasteiger partial charge in [0.2, 0.25) is 0 Å². The standard InChI is InChI=1S/C25H28Cl2N2O3/c1-6-32-25(31)20-9-10-29(15(2)3)23(20)21(19-8-7-18(26)11-16(19)4)12-17-13-22(27)24(30)28(5)14-17/h7-11,13-15,21H,6,12H2,1-5H3. The van der Waals surface area contributed by atoms with Crippen LogP contribution in [0, 0.1) is 6.92 Å². The molecule has 0 fully saturated rings. The molecule has 1 aromatic carbocycles. The van der Waals surface area contributed by atoms with Crippen molar-refractivity contribution in [3.63, 3.8) is 0 Å². The molecule has 2 aromatic heterocycles. The van der Waals surface area contributed by atoms with E-state index in [0.717, 1.165) is 22.4 Å². The summed E-state index contributed by atoms with van der Waals surface area (Å²) in [5, 5.41) is 0.821. The summed E-state index contributed by atoms with van der Waals surface area (Å²) in [7, 11) is 1.68. The molecule has 0 radical (unpaired) electrons. The lowest BCUT2D eigenvalue weighted by Gasteiger charge is -2.25. The van der Waals surface area contributed by atoms with Gasteiger partial charge in [-0.15, -0.1) is 0 Å². The molecule has 0 aliphatic rings. The van der Waals surface area contributed by atoms with Gasteiger partial charge in [-0.05, 0) is 75.1 Å². The first-order valence-electron chi connectivity index (χ1n) is 10.6. The highest BCUT2D eigenvalue weighted by Crippen LogP contribution is 2.36. The molecule has 7 heteroatoms. The van der Waals surface area contributed by atoms with Crippen molar-refractivity contribution in [2.24, 2.45) is 7.05 Å². The van der Waals surface area contributed by atoms with E-state index in [9.17, 15) is 9.59 Å². The minimum Gasteiger partial charge on any atom is -0.462 e. The van der Waals surface area contributed by atoms with Crippen molar-refractivity contribution in [1.29, 1.82) is 0 Å². The summed E-state index contributed by atoms with van der Waals surface area (Å²) in [6.45, 7) is 8.26. The summed E-state index contributed by atoms with van der Waals surface area (Å²) < 4.78 is 8.95. The second-order valence-corrected chi connectivity index (χ2v) is 9.05. The number of carbonyl (C=O) groups is 1. The number of pyridine rings is 1. The average molecular weight is 475 g/mol. The monoisotopic (exact) mass is 474 g/mol. The molecule has 0 aliphatic carbocycles. The van der Waals surface area contributed by atoms with E-state index in [1.165, 1.54) is 4.57 Å². The van der Waals surface area contributed by atoms with E-state index in [4.69, 9.17) is 27.9 Å². The quantitative estimate of drug-likeness (QED) is 0.398. The normalized spacial score (nSPS) is 12.2. The van der Waals surface area contributed by atoms with Gasteiger partial charge in [0.25, 0.3) is 5.56 Å². The lowest BCUT2D eigenvalue weighted by molar-refractivity contribution is 0.0524. The van der Waals surface area contributed by atoms with Crippen LogP contribution in [0.15, 0.2) is 47.5 Å². The Morgan fingerprint density at radius 3 is 2.47 bits per heavy atom. The van der Waals surface area contributed by atoms with Crippen molar-refractivity contribution in [2.45, 2.75) is 46.1 Å². The zero-order valence-corrected chi connectivity index (χ0v) is 20.5. The van der Waals surface area contributed by atoms with Gasteiger partial charge in [-0.1, -0.05) is 29.3 Å². The summed E-state index contributed by atoms with van der Waals surface area (Å²) in [5.41, 5.74) is 4.12. The van der Waals surface area contributed by atoms with Crippen LogP contribution in [0.5, 0.6) is 0 Å². The third-order valence-electron chi connectivity index (χ3n) is 5.58. The number of halogens is 2. The van der Waals surface area contributed by atoms with Crippen molar-refractivity contribution < 1.29 is 9.53 Å². The molecule has 0 aliphatic heterocycles. The molecule has 0 saturated carbocycles. The first-order valence-corrected chi connectivity index (χ1v) is 11.4. The van der Waals surface area contributed by atoms with Crippen LogP contribution in [-0.2, 0) is 18.2 Å². The SMILES string of the molecule is CCOC(=O)c1ccn(C(C)C)c1C(Cc1cc(Cl)c(=O)n(C)c1)c1ccc(Cl)cc1C. The molecular weight excluding hydrogens is 447 g/mol.